The molecule has 0 aliphatic carbocycles. The van der Waals surface area contributed by atoms with Gasteiger partial charge in [-0.05, 0) is 50.8 Å². The summed E-state index contributed by atoms with van der Waals surface area (Å²) < 4.78 is 1.36. The molecule has 0 unspecified atom stereocenters. The molecule has 6 heteroatoms. The van der Waals surface area contributed by atoms with E-state index in [0.717, 1.165) is 28.7 Å². The Morgan fingerprint density at radius 1 is 1.03 bits per heavy atom. The molecule has 0 radical (unpaired) electrons. The highest BCUT2D eigenvalue weighted by atomic mass is 16.2. The van der Waals surface area contributed by atoms with Gasteiger partial charge in [0.1, 0.15) is 5.56 Å². The van der Waals surface area contributed by atoms with Gasteiger partial charge in [0.25, 0.3) is 11.5 Å². The standard InChI is InChI=1S/C26H28N4O2/c1-16-6-9-20(10-7-16)11-12-27-25(31)23-15-28-30-24(23)29-19(4)22(26(30)32)14-21-13-17(2)5-8-18(21)3/h5-10,13,15,28H,11-12,14H2,1-4H3,(H,27,31). The van der Waals surface area contributed by atoms with Crippen LogP contribution in [-0.2, 0) is 12.8 Å². The van der Waals surface area contributed by atoms with Gasteiger partial charge in [0.05, 0.1) is 0 Å². The van der Waals surface area contributed by atoms with E-state index < -0.39 is 0 Å². The number of aromatic amines is 1. The van der Waals surface area contributed by atoms with Crippen molar-refractivity contribution in [1.82, 2.24) is 19.9 Å². The van der Waals surface area contributed by atoms with Crippen LogP contribution in [0.1, 0.15) is 49.4 Å². The Morgan fingerprint density at radius 3 is 2.50 bits per heavy atom. The summed E-state index contributed by atoms with van der Waals surface area (Å²) in [4.78, 5) is 30.5. The second-order valence-electron chi connectivity index (χ2n) is 8.43. The van der Waals surface area contributed by atoms with Gasteiger partial charge in [-0.3, -0.25) is 14.7 Å². The lowest BCUT2D eigenvalue weighted by molar-refractivity contribution is 0.0955. The smallest absolute Gasteiger partial charge is 0.276 e. The quantitative estimate of drug-likeness (QED) is 0.490. The van der Waals surface area contributed by atoms with Crippen molar-refractivity contribution >= 4 is 11.6 Å². The Kier molecular flexibility index (Phi) is 5.95. The summed E-state index contributed by atoms with van der Waals surface area (Å²) in [6.07, 6.45) is 2.79. The van der Waals surface area contributed by atoms with Gasteiger partial charge in [-0.2, -0.15) is 0 Å². The Morgan fingerprint density at radius 2 is 1.75 bits per heavy atom. The average Bonchev–Trinajstić information content (AvgIpc) is 3.18. The Labute approximate surface area is 187 Å². The molecule has 2 heterocycles. The third-order valence-electron chi connectivity index (χ3n) is 5.90. The number of aromatic nitrogens is 3. The molecule has 2 aromatic heterocycles. The summed E-state index contributed by atoms with van der Waals surface area (Å²) in [5.74, 6) is -0.246. The minimum absolute atomic E-state index is 0.174. The lowest BCUT2D eigenvalue weighted by atomic mass is 9.98. The zero-order valence-electron chi connectivity index (χ0n) is 19.0. The van der Waals surface area contributed by atoms with Gasteiger partial charge in [-0.15, -0.1) is 0 Å². The van der Waals surface area contributed by atoms with Crippen LogP contribution in [0, 0.1) is 27.7 Å². The third-order valence-corrected chi connectivity index (χ3v) is 5.90. The molecule has 0 saturated heterocycles. The van der Waals surface area contributed by atoms with Gasteiger partial charge in [0.2, 0.25) is 0 Å². The Bertz CT molecular complexity index is 1350. The average molecular weight is 429 g/mol. The highest BCUT2D eigenvalue weighted by Crippen LogP contribution is 2.17. The number of carbonyl (C=O) groups excluding carboxylic acids is 1. The Hall–Kier alpha value is -3.67. The lowest BCUT2D eigenvalue weighted by Gasteiger charge is -2.10. The number of carbonyl (C=O) groups is 1. The van der Waals surface area contributed by atoms with E-state index in [4.69, 9.17) is 0 Å². The molecule has 0 saturated carbocycles. The predicted octanol–water partition coefficient (Wildman–Crippen LogP) is 3.82. The van der Waals surface area contributed by atoms with Gasteiger partial charge >= 0.3 is 0 Å². The number of hydrogen-bond acceptors (Lipinski definition) is 3. The van der Waals surface area contributed by atoms with Crippen LogP contribution in [0.25, 0.3) is 5.65 Å². The van der Waals surface area contributed by atoms with Crippen LogP contribution in [0.2, 0.25) is 0 Å². The van der Waals surface area contributed by atoms with E-state index in [2.05, 4.69) is 57.9 Å². The number of nitrogens with one attached hydrogen (secondary N) is 2. The molecule has 4 rings (SSSR count). The van der Waals surface area contributed by atoms with Crippen molar-refractivity contribution in [3.8, 4) is 0 Å². The van der Waals surface area contributed by atoms with Crippen LogP contribution in [0.3, 0.4) is 0 Å². The second kappa shape index (κ2) is 8.83. The van der Waals surface area contributed by atoms with E-state index in [-0.39, 0.29) is 11.5 Å². The number of nitrogens with zero attached hydrogens (tertiary/aromatic N) is 2. The molecule has 0 fully saturated rings. The zero-order chi connectivity index (χ0) is 22.8. The molecular weight excluding hydrogens is 400 g/mol. The fourth-order valence-electron chi connectivity index (χ4n) is 3.88. The minimum atomic E-state index is -0.246. The van der Waals surface area contributed by atoms with Crippen LogP contribution < -0.4 is 10.9 Å². The van der Waals surface area contributed by atoms with Gasteiger partial charge in [0, 0.05) is 30.4 Å². The molecule has 0 spiro atoms. The SMILES string of the molecule is Cc1ccc(CCNC(=O)c2c[nH]n3c(=O)c(Cc4cc(C)ccc4C)c(C)nc23)cc1. The monoisotopic (exact) mass is 428 g/mol. The molecule has 2 N–H and O–H groups in total. The maximum Gasteiger partial charge on any atom is 0.276 e. The molecule has 0 aliphatic heterocycles. The minimum Gasteiger partial charge on any atom is -0.352 e. The number of fused-ring (bicyclic) bond motifs is 1. The second-order valence-corrected chi connectivity index (χ2v) is 8.43. The maximum atomic E-state index is 13.2. The number of aryl methyl sites for hydroxylation is 4. The Balaban J connectivity index is 1.55. The van der Waals surface area contributed by atoms with Gasteiger partial charge in [0.15, 0.2) is 5.65 Å². The molecule has 1 amide bonds. The molecule has 164 valence electrons. The van der Waals surface area contributed by atoms with E-state index in [1.807, 2.05) is 27.7 Å². The van der Waals surface area contributed by atoms with E-state index in [0.29, 0.717) is 35.4 Å². The van der Waals surface area contributed by atoms with E-state index in [9.17, 15) is 9.59 Å². The van der Waals surface area contributed by atoms with Crippen molar-refractivity contribution in [2.24, 2.45) is 0 Å². The number of rotatable bonds is 6. The van der Waals surface area contributed by atoms with Crippen molar-refractivity contribution in [1.29, 1.82) is 0 Å². The van der Waals surface area contributed by atoms with Crippen LogP contribution in [0.4, 0.5) is 0 Å². The van der Waals surface area contributed by atoms with Crippen molar-refractivity contribution in [2.45, 2.75) is 40.5 Å². The third kappa shape index (κ3) is 4.35. The van der Waals surface area contributed by atoms with E-state index >= 15 is 0 Å². The molecule has 6 nitrogen and oxygen atoms in total. The first-order chi connectivity index (χ1) is 15.3. The molecule has 2 aromatic carbocycles. The molecule has 0 atom stereocenters. The highest BCUT2D eigenvalue weighted by Gasteiger charge is 2.18. The van der Waals surface area contributed by atoms with Crippen LogP contribution in [0.5, 0.6) is 0 Å². The molecule has 32 heavy (non-hydrogen) atoms. The first kappa shape index (κ1) is 21.6. The van der Waals surface area contributed by atoms with Crippen molar-refractivity contribution in [3.63, 3.8) is 0 Å². The van der Waals surface area contributed by atoms with Crippen LogP contribution >= 0.6 is 0 Å². The van der Waals surface area contributed by atoms with E-state index in [1.54, 1.807) is 6.20 Å². The number of hydrogen-bond donors (Lipinski definition) is 2. The predicted molar refractivity (Wildman–Crippen MR) is 126 cm³/mol. The summed E-state index contributed by atoms with van der Waals surface area (Å²) in [5, 5.41) is 5.84. The highest BCUT2D eigenvalue weighted by molar-refractivity contribution is 5.99. The largest absolute Gasteiger partial charge is 0.352 e. The molecule has 0 bridgehead atoms. The lowest BCUT2D eigenvalue weighted by Crippen LogP contribution is -2.27. The first-order valence-corrected chi connectivity index (χ1v) is 10.8. The van der Waals surface area contributed by atoms with Gasteiger partial charge in [-0.25, -0.2) is 9.50 Å². The van der Waals surface area contributed by atoms with Crippen molar-refractivity contribution in [3.05, 3.63) is 104 Å². The summed E-state index contributed by atoms with van der Waals surface area (Å²) >= 11 is 0. The summed E-state index contributed by atoms with van der Waals surface area (Å²) in [6.45, 7) is 8.47. The van der Waals surface area contributed by atoms with Gasteiger partial charge in [-0.1, -0.05) is 53.6 Å². The molecule has 0 aliphatic rings. The molecular formula is C26H28N4O2. The zero-order valence-corrected chi connectivity index (χ0v) is 19.0. The number of benzene rings is 2. The summed E-state index contributed by atoms with van der Waals surface area (Å²) in [7, 11) is 0. The van der Waals surface area contributed by atoms with Crippen molar-refractivity contribution in [2.75, 3.05) is 6.54 Å². The van der Waals surface area contributed by atoms with Crippen molar-refractivity contribution < 1.29 is 4.79 Å². The number of amides is 1. The normalized spacial score (nSPS) is 11.1. The first-order valence-electron chi connectivity index (χ1n) is 10.8. The summed E-state index contributed by atoms with van der Waals surface area (Å²) in [6, 6.07) is 14.5. The van der Waals surface area contributed by atoms with E-state index in [1.165, 1.54) is 10.1 Å². The maximum absolute atomic E-state index is 13.2. The summed E-state index contributed by atoms with van der Waals surface area (Å²) in [5.41, 5.74) is 7.59. The van der Waals surface area contributed by atoms with Gasteiger partial charge < -0.3 is 5.32 Å². The van der Waals surface area contributed by atoms with Crippen LogP contribution in [0.15, 0.2) is 53.5 Å². The van der Waals surface area contributed by atoms with Crippen LogP contribution in [-0.4, -0.2) is 27.0 Å². The fraction of sp³-hybridized carbons (Fsp3) is 0.269. The number of H-pyrrole nitrogens is 1. The fourth-order valence-corrected chi connectivity index (χ4v) is 3.88. The topological polar surface area (TPSA) is 79.3 Å². The molecule has 4 aromatic rings.